The maximum absolute atomic E-state index is 9.84. The first kappa shape index (κ1) is 15.2. The number of rotatable bonds is 4. The zero-order valence-corrected chi connectivity index (χ0v) is 13.0. The highest BCUT2D eigenvalue weighted by Gasteiger charge is 2.09. The van der Waals surface area contributed by atoms with Gasteiger partial charge in [0, 0.05) is 0 Å². The van der Waals surface area contributed by atoms with Gasteiger partial charge in [0.05, 0.1) is 0 Å². The van der Waals surface area contributed by atoms with Crippen LogP contribution in [0.25, 0.3) is 0 Å². The molecule has 0 aliphatic carbocycles. The molecule has 112 valence electrons. The maximum atomic E-state index is 9.84. The van der Waals surface area contributed by atoms with Crippen LogP contribution in [0, 0.1) is 13.8 Å². The standard InChI is InChI=1S/C18H22O3/c1-11(2)16-9-14(5-6-17(16)20)10-21-18-12(3)7-15(19)8-13(18)4/h5-9,11,19-20H,10H2,1-4H3. The Kier molecular flexibility index (Phi) is 4.41. The van der Waals surface area contributed by atoms with Crippen LogP contribution in [0.15, 0.2) is 30.3 Å². The van der Waals surface area contributed by atoms with Gasteiger partial charge in [-0.15, -0.1) is 0 Å². The fourth-order valence-corrected chi connectivity index (χ4v) is 2.47. The molecule has 2 N–H and O–H groups in total. The van der Waals surface area contributed by atoms with Crippen LogP contribution in [0.1, 0.15) is 42.0 Å². The first-order chi connectivity index (χ1) is 9.88. The molecule has 0 aliphatic rings. The Labute approximate surface area is 125 Å². The van der Waals surface area contributed by atoms with Gasteiger partial charge >= 0.3 is 0 Å². The van der Waals surface area contributed by atoms with Gasteiger partial charge < -0.3 is 14.9 Å². The molecular formula is C18H22O3. The molecule has 0 fully saturated rings. The molecule has 0 saturated carbocycles. The molecule has 0 spiro atoms. The van der Waals surface area contributed by atoms with Crippen molar-refractivity contribution in [2.45, 2.75) is 40.2 Å². The van der Waals surface area contributed by atoms with Crippen molar-refractivity contribution in [2.75, 3.05) is 0 Å². The van der Waals surface area contributed by atoms with Crippen LogP contribution in [-0.4, -0.2) is 10.2 Å². The molecule has 0 unspecified atom stereocenters. The molecule has 3 nitrogen and oxygen atoms in total. The summed E-state index contributed by atoms with van der Waals surface area (Å²) in [5, 5.41) is 19.4. The first-order valence-electron chi connectivity index (χ1n) is 7.13. The van der Waals surface area contributed by atoms with Crippen LogP contribution in [-0.2, 0) is 6.61 Å². The van der Waals surface area contributed by atoms with Gasteiger partial charge in [-0.05, 0) is 66.3 Å². The zero-order valence-electron chi connectivity index (χ0n) is 13.0. The van der Waals surface area contributed by atoms with Crippen molar-refractivity contribution in [1.82, 2.24) is 0 Å². The third-order valence-electron chi connectivity index (χ3n) is 3.54. The molecule has 2 aromatic carbocycles. The highest BCUT2D eigenvalue weighted by atomic mass is 16.5. The van der Waals surface area contributed by atoms with E-state index in [4.69, 9.17) is 4.74 Å². The van der Waals surface area contributed by atoms with Crippen LogP contribution in [0.3, 0.4) is 0 Å². The predicted octanol–water partition coefficient (Wildman–Crippen LogP) is 4.42. The third kappa shape index (κ3) is 3.48. The van der Waals surface area contributed by atoms with E-state index in [-0.39, 0.29) is 11.7 Å². The Hall–Kier alpha value is -2.16. The van der Waals surface area contributed by atoms with E-state index in [2.05, 4.69) is 0 Å². The lowest BCUT2D eigenvalue weighted by atomic mass is 10.00. The normalized spacial score (nSPS) is 10.9. The van der Waals surface area contributed by atoms with Gasteiger partial charge in [-0.1, -0.05) is 19.9 Å². The van der Waals surface area contributed by atoms with Crippen molar-refractivity contribution >= 4 is 0 Å². The number of aryl methyl sites for hydroxylation is 2. The number of phenols is 2. The lowest BCUT2D eigenvalue weighted by molar-refractivity contribution is 0.301. The minimum absolute atomic E-state index is 0.254. The summed E-state index contributed by atoms with van der Waals surface area (Å²) in [7, 11) is 0. The van der Waals surface area contributed by atoms with Gasteiger partial charge in [0.25, 0.3) is 0 Å². The molecule has 0 saturated heterocycles. The van der Waals surface area contributed by atoms with Crippen molar-refractivity contribution in [3.8, 4) is 17.2 Å². The molecule has 3 heteroatoms. The molecule has 2 aromatic rings. The smallest absolute Gasteiger partial charge is 0.125 e. The summed E-state index contributed by atoms with van der Waals surface area (Å²) in [4.78, 5) is 0. The molecule has 0 heterocycles. The van der Waals surface area contributed by atoms with Crippen molar-refractivity contribution in [2.24, 2.45) is 0 Å². The largest absolute Gasteiger partial charge is 0.508 e. The van der Waals surface area contributed by atoms with Crippen molar-refractivity contribution < 1.29 is 14.9 Å². The van der Waals surface area contributed by atoms with Crippen molar-refractivity contribution in [1.29, 1.82) is 0 Å². The molecule has 0 aromatic heterocycles. The van der Waals surface area contributed by atoms with E-state index in [1.165, 1.54) is 0 Å². The van der Waals surface area contributed by atoms with E-state index >= 15 is 0 Å². The van der Waals surface area contributed by atoms with E-state index in [1.54, 1.807) is 18.2 Å². The Balaban J connectivity index is 2.19. The Morgan fingerprint density at radius 1 is 1.00 bits per heavy atom. The number of hydrogen-bond acceptors (Lipinski definition) is 3. The predicted molar refractivity (Wildman–Crippen MR) is 84.1 cm³/mol. The summed E-state index contributed by atoms with van der Waals surface area (Å²) in [6, 6.07) is 8.94. The number of aromatic hydroxyl groups is 2. The summed E-state index contributed by atoms with van der Waals surface area (Å²) >= 11 is 0. The fourth-order valence-electron chi connectivity index (χ4n) is 2.47. The third-order valence-corrected chi connectivity index (χ3v) is 3.54. The average Bonchev–Trinajstić information content (AvgIpc) is 2.38. The van der Waals surface area contributed by atoms with Gasteiger partial charge in [0.2, 0.25) is 0 Å². The first-order valence-corrected chi connectivity index (χ1v) is 7.13. The highest BCUT2D eigenvalue weighted by Crippen LogP contribution is 2.30. The molecule has 0 radical (unpaired) electrons. The lowest BCUT2D eigenvalue weighted by Gasteiger charge is -2.14. The van der Waals surface area contributed by atoms with Gasteiger partial charge in [-0.25, -0.2) is 0 Å². The Bertz CT molecular complexity index is 622. The summed E-state index contributed by atoms with van der Waals surface area (Å²) in [6.45, 7) is 8.37. The van der Waals surface area contributed by atoms with E-state index in [0.29, 0.717) is 12.4 Å². The van der Waals surface area contributed by atoms with Crippen LogP contribution in [0.4, 0.5) is 0 Å². The summed E-state index contributed by atoms with van der Waals surface area (Å²) in [5.74, 6) is 1.64. The van der Waals surface area contributed by atoms with E-state index in [0.717, 1.165) is 28.0 Å². The van der Waals surface area contributed by atoms with Crippen molar-refractivity contribution in [3.63, 3.8) is 0 Å². The lowest BCUT2D eigenvalue weighted by Crippen LogP contribution is -2.00. The number of phenolic OH excluding ortho intramolecular Hbond substituents is 2. The second-order valence-corrected chi connectivity index (χ2v) is 5.75. The molecule has 21 heavy (non-hydrogen) atoms. The molecule has 2 rings (SSSR count). The average molecular weight is 286 g/mol. The minimum atomic E-state index is 0.254. The number of benzene rings is 2. The number of ether oxygens (including phenoxy) is 1. The SMILES string of the molecule is Cc1cc(O)cc(C)c1OCc1ccc(O)c(C(C)C)c1. The van der Waals surface area contributed by atoms with Crippen LogP contribution >= 0.6 is 0 Å². The molecule has 0 atom stereocenters. The summed E-state index contributed by atoms with van der Waals surface area (Å²) < 4.78 is 5.89. The zero-order chi connectivity index (χ0) is 15.6. The molecule has 0 aliphatic heterocycles. The van der Waals surface area contributed by atoms with Crippen LogP contribution in [0.2, 0.25) is 0 Å². The second kappa shape index (κ2) is 6.08. The molecular weight excluding hydrogens is 264 g/mol. The maximum Gasteiger partial charge on any atom is 0.125 e. The number of hydrogen-bond donors (Lipinski definition) is 2. The topological polar surface area (TPSA) is 49.7 Å². The second-order valence-electron chi connectivity index (χ2n) is 5.75. The molecule has 0 amide bonds. The fraction of sp³-hybridized carbons (Fsp3) is 0.333. The van der Waals surface area contributed by atoms with Crippen LogP contribution < -0.4 is 4.74 Å². The Morgan fingerprint density at radius 2 is 1.62 bits per heavy atom. The Morgan fingerprint density at radius 3 is 2.19 bits per heavy atom. The van der Waals surface area contributed by atoms with Gasteiger partial charge in [-0.3, -0.25) is 0 Å². The van der Waals surface area contributed by atoms with Crippen molar-refractivity contribution in [3.05, 3.63) is 52.6 Å². The van der Waals surface area contributed by atoms with Gasteiger partial charge in [-0.2, -0.15) is 0 Å². The van der Waals surface area contributed by atoms with Gasteiger partial charge in [0.1, 0.15) is 23.9 Å². The van der Waals surface area contributed by atoms with E-state index in [9.17, 15) is 10.2 Å². The van der Waals surface area contributed by atoms with Crippen LogP contribution in [0.5, 0.6) is 17.2 Å². The van der Waals surface area contributed by atoms with E-state index in [1.807, 2.05) is 39.8 Å². The van der Waals surface area contributed by atoms with Gasteiger partial charge in [0.15, 0.2) is 0 Å². The highest BCUT2D eigenvalue weighted by molar-refractivity contribution is 5.45. The summed E-state index contributed by atoms with van der Waals surface area (Å²) in [6.07, 6.45) is 0. The summed E-state index contributed by atoms with van der Waals surface area (Å²) in [5.41, 5.74) is 3.77. The quantitative estimate of drug-likeness (QED) is 0.875. The van der Waals surface area contributed by atoms with E-state index < -0.39 is 0 Å². The minimum Gasteiger partial charge on any atom is -0.508 e. The molecule has 0 bridgehead atoms. The monoisotopic (exact) mass is 286 g/mol.